The number of methoxy groups -OCH3 is 1. The smallest absolute Gasteiger partial charge is 0.344 e. The second-order valence-corrected chi connectivity index (χ2v) is 8.50. The first-order valence-electron chi connectivity index (χ1n) is 11.3. The number of rotatable bonds is 6. The lowest BCUT2D eigenvalue weighted by atomic mass is 9.97. The van der Waals surface area contributed by atoms with E-state index in [-0.39, 0.29) is 5.97 Å². The minimum atomic E-state index is -0.382. The van der Waals surface area contributed by atoms with E-state index in [1.165, 1.54) is 0 Å². The summed E-state index contributed by atoms with van der Waals surface area (Å²) in [5.74, 6) is 1.25. The van der Waals surface area contributed by atoms with E-state index in [2.05, 4.69) is 19.9 Å². The van der Waals surface area contributed by atoms with Crippen molar-refractivity contribution in [2.24, 2.45) is 0 Å². The zero-order valence-corrected chi connectivity index (χ0v) is 19.8. The normalized spacial score (nSPS) is 11.9. The van der Waals surface area contributed by atoms with E-state index in [1.54, 1.807) is 7.11 Å². The number of benzene rings is 3. The minimum Gasteiger partial charge on any atom is -0.497 e. The van der Waals surface area contributed by atoms with Crippen molar-refractivity contribution in [1.82, 2.24) is 4.98 Å². The average molecular weight is 440 g/mol. The lowest BCUT2D eigenvalue weighted by Gasteiger charge is -2.16. The van der Waals surface area contributed by atoms with Crippen molar-refractivity contribution in [2.75, 3.05) is 7.11 Å². The van der Waals surface area contributed by atoms with E-state index in [1.807, 2.05) is 74.5 Å². The van der Waals surface area contributed by atoms with Gasteiger partial charge in [0.05, 0.1) is 23.9 Å². The molecule has 0 spiro atoms. The van der Waals surface area contributed by atoms with Crippen LogP contribution in [0.3, 0.4) is 0 Å². The Balaban J connectivity index is 1.86. The number of esters is 1. The van der Waals surface area contributed by atoms with Crippen LogP contribution in [0.2, 0.25) is 0 Å². The van der Waals surface area contributed by atoms with Crippen LogP contribution >= 0.6 is 0 Å². The third kappa shape index (κ3) is 4.61. The summed E-state index contributed by atoms with van der Waals surface area (Å²) >= 11 is 0. The van der Waals surface area contributed by atoms with Crippen LogP contribution in [0.15, 0.2) is 66.7 Å². The molecule has 0 aliphatic rings. The molecule has 1 unspecified atom stereocenters. The Hall–Kier alpha value is -3.66. The summed E-state index contributed by atoms with van der Waals surface area (Å²) < 4.78 is 11.4. The fourth-order valence-electron chi connectivity index (χ4n) is 4.14. The molecule has 33 heavy (non-hydrogen) atoms. The molecule has 0 aliphatic carbocycles. The van der Waals surface area contributed by atoms with Crippen LogP contribution in [-0.2, 0) is 0 Å². The second-order valence-electron chi connectivity index (χ2n) is 8.50. The second kappa shape index (κ2) is 9.45. The van der Waals surface area contributed by atoms with Crippen molar-refractivity contribution in [1.29, 1.82) is 0 Å². The number of carbonyl (C=O) groups excluding carboxylic acids is 1. The third-order valence-electron chi connectivity index (χ3n) is 6.10. The van der Waals surface area contributed by atoms with Gasteiger partial charge in [0.2, 0.25) is 0 Å². The van der Waals surface area contributed by atoms with E-state index in [0.29, 0.717) is 22.9 Å². The van der Waals surface area contributed by atoms with Crippen LogP contribution in [0.1, 0.15) is 53.2 Å². The maximum atomic E-state index is 13.5. The number of pyridine rings is 1. The number of fused-ring (bicyclic) bond motifs is 1. The number of carbonyl (C=O) groups is 1. The van der Waals surface area contributed by atoms with Gasteiger partial charge in [-0.15, -0.1) is 0 Å². The van der Waals surface area contributed by atoms with Crippen LogP contribution in [0.5, 0.6) is 11.5 Å². The molecule has 0 amide bonds. The van der Waals surface area contributed by atoms with Crippen LogP contribution in [0, 0.1) is 13.8 Å². The summed E-state index contributed by atoms with van der Waals surface area (Å²) in [7, 11) is 1.64. The lowest BCUT2D eigenvalue weighted by Crippen LogP contribution is -2.12. The number of hydrogen-bond acceptors (Lipinski definition) is 4. The van der Waals surface area contributed by atoms with Gasteiger partial charge >= 0.3 is 5.97 Å². The standard InChI is InChI=1S/C29H29NO3/c1-6-19(3)23-12-7-8-13-27(23)33-29(31)25-17-26(21-10-9-11-22(16-21)32-5)30-28-20(4)14-18(2)15-24(25)28/h7-17,19H,6H2,1-5H3. The van der Waals surface area contributed by atoms with Crippen LogP contribution in [-0.4, -0.2) is 18.1 Å². The highest BCUT2D eigenvalue weighted by Crippen LogP contribution is 2.32. The molecule has 0 saturated heterocycles. The zero-order chi connectivity index (χ0) is 23.5. The summed E-state index contributed by atoms with van der Waals surface area (Å²) in [4.78, 5) is 18.5. The number of para-hydroxylation sites is 1. The van der Waals surface area contributed by atoms with Crippen LogP contribution in [0.25, 0.3) is 22.2 Å². The average Bonchev–Trinajstić information content (AvgIpc) is 2.83. The van der Waals surface area contributed by atoms with Crippen molar-refractivity contribution in [3.8, 4) is 22.8 Å². The van der Waals surface area contributed by atoms with E-state index in [4.69, 9.17) is 14.5 Å². The molecule has 4 nitrogen and oxygen atoms in total. The Labute approximate surface area is 195 Å². The summed E-state index contributed by atoms with van der Waals surface area (Å²) in [5.41, 5.74) is 6.01. The van der Waals surface area contributed by atoms with Crippen molar-refractivity contribution < 1.29 is 14.3 Å². The van der Waals surface area contributed by atoms with Crippen molar-refractivity contribution in [3.63, 3.8) is 0 Å². The van der Waals surface area contributed by atoms with Crippen molar-refractivity contribution >= 4 is 16.9 Å². The summed E-state index contributed by atoms with van der Waals surface area (Å²) in [5, 5.41) is 0.796. The highest BCUT2D eigenvalue weighted by Gasteiger charge is 2.20. The fourth-order valence-corrected chi connectivity index (χ4v) is 4.14. The van der Waals surface area contributed by atoms with Gasteiger partial charge < -0.3 is 9.47 Å². The molecule has 0 saturated carbocycles. The van der Waals surface area contributed by atoms with E-state index >= 15 is 0 Å². The van der Waals surface area contributed by atoms with Gasteiger partial charge in [-0.3, -0.25) is 0 Å². The fraction of sp³-hybridized carbons (Fsp3) is 0.241. The van der Waals surface area contributed by atoms with Crippen LogP contribution in [0.4, 0.5) is 0 Å². The minimum absolute atomic E-state index is 0.292. The highest BCUT2D eigenvalue weighted by molar-refractivity contribution is 6.06. The Morgan fingerprint density at radius 2 is 1.79 bits per heavy atom. The Kier molecular flexibility index (Phi) is 6.45. The summed E-state index contributed by atoms with van der Waals surface area (Å²) in [6.45, 7) is 8.31. The zero-order valence-electron chi connectivity index (χ0n) is 19.8. The first-order valence-corrected chi connectivity index (χ1v) is 11.3. The molecule has 0 aliphatic heterocycles. The topological polar surface area (TPSA) is 48.4 Å². The van der Waals surface area contributed by atoms with E-state index < -0.39 is 0 Å². The largest absolute Gasteiger partial charge is 0.497 e. The molecule has 1 atom stereocenters. The Bertz CT molecular complexity index is 1330. The summed E-state index contributed by atoms with van der Waals surface area (Å²) in [6.07, 6.45) is 0.963. The molecular weight excluding hydrogens is 410 g/mol. The monoisotopic (exact) mass is 439 g/mol. The summed E-state index contributed by atoms with van der Waals surface area (Å²) in [6, 6.07) is 21.4. The van der Waals surface area contributed by atoms with Crippen LogP contribution < -0.4 is 9.47 Å². The number of aryl methyl sites for hydroxylation is 2. The molecule has 168 valence electrons. The van der Waals surface area contributed by atoms with Gasteiger partial charge in [-0.25, -0.2) is 9.78 Å². The number of hydrogen-bond donors (Lipinski definition) is 0. The van der Waals surface area contributed by atoms with Gasteiger partial charge in [-0.2, -0.15) is 0 Å². The van der Waals surface area contributed by atoms with Gasteiger partial charge in [-0.1, -0.05) is 55.8 Å². The predicted molar refractivity (Wildman–Crippen MR) is 133 cm³/mol. The first kappa shape index (κ1) is 22.5. The molecule has 3 aromatic carbocycles. The maximum Gasteiger partial charge on any atom is 0.344 e. The molecule has 0 fully saturated rings. The van der Waals surface area contributed by atoms with Gasteiger partial charge in [-0.05, 0) is 67.6 Å². The SMILES string of the molecule is CCC(C)c1ccccc1OC(=O)c1cc(-c2cccc(OC)c2)nc2c(C)cc(C)cc12. The number of aromatic nitrogens is 1. The number of nitrogens with zero attached hydrogens (tertiary/aromatic N) is 1. The molecule has 1 aromatic heterocycles. The van der Waals surface area contributed by atoms with Crippen molar-refractivity contribution in [2.45, 2.75) is 40.0 Å². The number of ether oxygens (including phenoxy) is 2. The molecule has 4 aromatic rings. The van der Waals surface area contributed by atoms with E-state index in [0.717, 1.165) is 45.3 Å². The highest BCUT2D eigenvalue weighted by atomic mass is 16.5. The molecule has 0 N–H and O–H groups in total. The molecule has 0 radical (unpaired) electrons. The van der Waals surface area contributed by atoms with Gasteiger partial charge in [0, 0.05) is 10.9 Å². The third-order valence-corrected chi connectivity index (χ3v) is 6.10. The quantitative estimate of drug-likeness (QED) is 0.234. The Morgan fingerprint density at radius 1 is 1.00 bits per heavy atom. The molecule has 4 rings (SSSR count). The van der Waals surface area contributed by atoms with Crippen molar-refractivity contribution in [3.05, 3.63) is 89.0 Å². The Morgan fingerprint density at radius 3 is 2.55 bits per heavy atom. The van der Waals surface area contributed by atoms with Gasteiger partial charge in [0.15, 0.2) is 0 Å². The van der Waals surface area contributed by atoms with Gasteiger partial charge in [0.25, 0.3) is 0 Å². The predicted octanol–water partition coefficient (Wildman–Crippen LogP) is 7.26. The molecular formula is C29H29NO3. The molecule has 4 heteroatoms. The maximum absolute atomic E-state index is 13.5. The lowest BCUT2D eigenvalue weighted by molar-refractivity contribution is 0.0734. The first-order chi connectivity index (χ1) is 15.9. The molecule has 0 bridgehead atoms. The molecule has 1 heterocycles. The van der Waals surface area contributed by atoms with Gasteiger partial charge in [0.1, 0.15) is 11.5 Å². The van der Waals surface area contributed by atoms with E-state index in [9.17, 15) is 4.79 Å².